The summed E-state index contributed by atoms with van der Waals surface area (Å²) in [5, 5.41) is 0. The monoisotopic (exact) mass is 262 g/mol. The second kappa shape index (κ2) is 5.87. The largest absolute Gasteiger partial charge is 0.340 e. The zero-order chi connectivity index (χ0) is 13.9. The maximum atomic E-state index is 4.40. The topological polar surface area (TPSA) is 32.3 Å². The fraction of sp³-hybridized carbons (Fsp3) is 0.733. The molecule has 0 N–H and O–H groups in total. The zero-order valence-electron chi connectivity index (χ0n) is 12.7. The molecule has 2 aliphatic heterocycles. The lowest BCUT2D eigenvalue weighted by atomic mass is 9.72. The molecule has 2 aliphatic rings. The van der Waals surface area contributed by atoms with Gasteiger partial charge in [-0.3, -0.25) is 0 Å². The van der Waals surface area contributed by atoms with Crippen molar-refractivity contribution in [2.24, 2.45) is 5.41 Å². The van der Waals surface area contributed by atoms with Crippen molar-refractivity contribution in [3.63, 3.8) is 0 Å². The summed E-state index contributed by atoms with van der Waals surface area (Å²) in [6.45, 7) is 10.8. The van der Waals surface area contributed by atoms with Crippen molar-refractivity contribution >= 4 is 5.95 Å². The summed E-state index contributed by atoms with van der Waals surface area (Å²) in [7, 11) is 2.21. The van der Waals surface area contributed by atoms with E-state index >= 15 is 0 Å². The molecule has 4 heteroatoms. The number of aryl methyl sites for hydroxylation is 1. The number of nitrogens with zero attached hydrogens (tertiary/aromatic N) is 4. The molecule has 0 atom stereocenters. The third-order valence-electron chi connectivity index (χ3n) is 4.15. The lowest BCUT2D eigenvalue weighted by Crippen LogP contribution is -2.60. The van der Waals surface area contributed by atoms with Crippen molar-refractivity contribution < 1.29 is 0 Å². The molecule has 1 aromatic heterocycles. The van der Waals surface area contributed by atoms with Crippen molar-refractivity contribution in [1.29, 1.82) is 0 Å². The highest BCUT2D eigenvalue weighted by atomic mass is 15.3. The average molecular weight is 262 g/mol. The third kappa shape index (κ3) is 3.06. The van der Waals surface area contributed by atoms with Gasteiger partial charge in [0.05, 0.1) is 0 Å². The minimum Gasteiger partial charge on any atom is -0.340 e. The van der Waals surface area contributed by atoms with E-state index in [1.165, 1.54) is 25.9 Å². The van der Waals surface area contributed by atoms with Crippen LogP contribution in [0.1, 0.15) is 32.3 Å². The Balaban J connectivity index is 0.000000637. The number of hydrogen-bond donors (Lipinski definition) is 0. The summed E-state index contributed by atoms with van der Waals surface area (Å²) in [4.78, 5) is 13.5. The van der Waals surface area contributed by atoms with Gasteiger partial charge >= 0.3 is 0 Å². The van der Waals surface area contributed by atoms with Crippen LogP contribution in [0.25, 0.3) is 0 Å². The van der Waals surface area contributed by atoms with E-state index in [-0.39, 0.29) is 0 Å². The Hall–Kier alpha value is -1.16. The number of rotatable bonds is 1. The van der Waals surface area contributed by atoms with Crippen molar-refractivity contribution in [2.75, 3.05) is 38.1 Å². The Bertz CT molecular complexity index is 385. The van der Waals surface area contributed by atoms with Crippen molar-refractivity contribution in [3.8, 4) is 0 Å². The van der Waals surface area contributed by atoms with E-state index in [1.54, 1.807) is 0 Å². The molecule has 4 nitrogen and oxygen atoms in total. The molecule has 0 saturated carbocycles. The first-order valence-electron chi connectivity index (χ1n) is 7.39. The van der Waals surface area contributed by atoms with Crippen molar-refractivity contribution in [1.82, 2.24) is 14.9 Å². The van der Waals surface area contributed by atoms with Crippen LogP contribution in [0.3, 0.4) is 0 Å². The molecule has 106 valence electrons. The van der Waals surface area contributed by atoms with Crippen LogP contribution in [0.4, 0.5) is 5.95 Å². The summed E-state index contributed by atoms with van der Waals surface area (Å²) >= 11 is 0. The highest BCUT2D eigenvalue weighted by molar-refractivity contribution is 5.36. The summed E-state index contributed by atoms with van der Waals surface area (Å²) in [5.41, 5.74) is 1.68. The number of likely N-dealkylation sites (tertiary alicyclic amines) is 1. The van der Waals surface area contributed by atoms with Gasteiger partial charge in [0, 0.05) is 30.9 Å². The first-order chi connectivity index (χ1) is 9.17. The Labute approximate surface area is 116 Å². The zero-order valence-corrected chi connectivity index (χ0v) is 12.7. The fourth-order valence-electron chi connectivity index (χ4n) is 2.86. The predicted octanol–water partition coefficient (Wildman–Crippen LogP) is 2.34. The van der Waals surface area contributed by atoms with E-state index in [2.05, 4.69) is 26.8 Å². The number of hydrogen-bond acceptors (Lipinski definition) is 4. The molecule has 1 aromatic rings. The quantitative estimate of drug-likeness (QED) is 0.777. The Morgan fingerprint density at radius 2 is 1.58 bits per heavy atom. The summed E-state index contributed by atoms with van der Waals surface area (Å²) in [6, 6.07) is 0. The Morgan fingerprint density at radius 3 is 2.11 bits per heavy atom. The number of anilines is 1. The molecule has 0 amide bonds. The highest BCUT2D eigenvalue weighted by Gasteiger charge is 2.45. The van der Waals surface area contributed by atoms with Crippen LogP contribution in [0.5, 0.6) is 0 Å². The molecule has 0 aromatic carbocycles. The molecular formula is C15H26N4. The predicted molar refractivity (Wildman–Crippen MR) is 79.5 cm³/mol. The highest BCUT2D eigenvalue weighted by Crippen LogP contribution is 2.41. The minimum absolute atomic E-state index is 0.556. The van der Waals surface area contributed by atoms with Gasteiger partial charge in [0.25, 0.3) is 0 Å². The van der Waals surface area contributed by atoms with E-state index in [9.17, 15) is 0 Å². The van der Waals surface area contributed by atoms with E-state index in [0.29, 0.717) is 5.41 Å². The van der Waals surface area contributed by atoms with Gasteiger partial charge in [-0.15, -0.1) is 0 Å². The van der Waals surface area contributed by atoms with E-state index in [4.69, 9.17) is 0 Å². The van der Waals surface area contributed by atoms with Gasteiger partial charge in [-0.1, -0.05) is 13.8 Å². The van der Waals surface area contributed by atoms with E-state index in [0.717, 1.165) is 24.6 Å². The first-order valence-corrected chi connectivity index (χ1v) is 7.39. The van der Waals surface area contributed by atoms with Crippen LogP contribution in [-0.4, -0.2) is 48.1 Å². The van der Waals surface area contributed by atoms with Crippen LogP contribution in [0.2, 0.25) is 0 Å². The van der Waals surface area contributed by atoms with Gasteiger partial charge in [-0.25, -0.2) is 9.97 Å². The maximum Gasteiger partial charge on any atom is 0.225 e. The molecule has 3 rings (SSSR count). The third-order valence-corrected chi connectivity index (χ3v) is 4.15. The van der Waals surface area contributed by atoms with Gasteiger partial charge in [0.1, 0.15) is 0 Å². The van der Waals surface area contributed by atoms with Crippen LogP contribution >= 0.6 is 0 Å². The smallest absolute Gasteiger partial charge is 0.225 e. The van der Waals surface area contributed by atoms with Crippen LogP contribution in [0, 0.1) is 12.3 Å². The minimum atomic E-state index is 0.556. The van der Waals surface area contributed by atoms with Gasteiger partial charge in [-0.2, -0.15) is 0 Å². The molecule has 2 saturated heterocycles. The van der Waals surface area contributed by atoms with Gasteiger partial charge in [-0.05, 0) is 45.5 Å². The van der Waals surface area contributed by atoms with Crippen LogP contribution < -0.4 is 4.90 Å². The van der Waals surface area contributed by atoms with E-state index in [1.807, 2.05) is 33.2 Å². The number of piperidine rings is 1. The molecule has 0 bridgehead atoms. The summed E-state index contributed by atoms with van der Waals surface area (Å²) < 4.78 is 0. The second-order valence-electron chi connectivity index (χ2n) is 5.72. The molecule has 3 heterocycles. The van der Waals surface area contributed by atoms with Crippen molar-refractivity contribution in [3.05, 3.63) is 18.0 Å². The van der Waals surface area contributed by atoms with Gasteiger partial charge in [0.15, 0.2) is 0 Å². The Kier molecular flexibility index (Phi) is 4.40. The average Bonchev–Trinajstić information content (AvgIpc) is 2.41. The molecule has 0 aliphatic carbocycles. The molecular weight excluding hydrogens is 236 g/mol. The van der Waals surface area contributed by atoms with E-state index < -0.39 is 0 Å². The molecule has 2 fully saturated rings. The lowest BCUT2D eigenvalue weighted by Gasteiger charge is -2.53. The van der Waals surface area contributed by atoms with Crippen LogP contribution in [-0.2, 0) is 0 Å². The standard InChI is InChI=1S/C13H20N4.C2H6/c1-11-7-14-12(15-8-11)17-9-13(10-17)3-5-16(2)6-4-13;1-2/h7-8H,3-6,9-10H2,1-2H3;1-2H3. The lowest BCUT2D eigenvalue weighted by molar-refractivity contribution is 0.0894. The normalized spacial score (nSPS) is 21.6. The van der Waals surface area contributed by atoms with Crippen molar-refractivity contribution in [2.45, 2.75) is 33.6 Å². The Morgan fingerprint density at radius 1 is 1.05 bits per heavy atom. The summed E-state index contributed by atoms with van der Waals surface area (Å²) in [5.74, 6) is 0.903. The maximum absolute atomic E-state index is 4.40. The second-order valence-corrected chi connectivity index (χ2v) is 5.72. The number of aromatic nitrogens is 2. The first kappa shape index (κ1) is 14.3. The summed E-state index contributed by atoms with van der Waals surface area (Å²) in [6.07, 6.45) is 6.46. The molecule has 0 radical (unpaired) electrons. The van der Waals surface area contributed by atoms with Gasteiger partial charge in [0.2, 0.25) is 5.95 Å². The van der Waals surface area contributed by atoms with Crippen LogP contribution in [0.15, 0.2) is 12.4 Å². The molecule has 19 heavy (non-hydrogen) atoms. The van der Waals surface area contributed by atoms with Gasteiger partial charge < -0.3 is 9.80 Å². The fourth-order valence-corrected chi connectivity index (χ4v) is 2.86. The molecule has 0 unspecified atom stereocenters. The SMILES string of the molecule is CC.Cc1cnc(N2CC3(CCN(C)CC3)C2)nc1. The molecule has 1 spiro atoms.